The van der Waals surface area contributed by atoms with E-state index in [1.165, 1.54) is 0 Å². The lowest BCUT2D eigenvalue weighted by Gasteiger charge is -2.03. The van der Waals surface area contributed by atoms with E-state index in [1.54, 1.807) is 36.9 Å². The first-order valence-corrected chi connectivity index (χ1v) is 5.03. The summed E-state index contributed by atoms with van der Waals surface area (Å²) >= 11 is 0. The Morgan fingerprint density at radius 3 is 2.81 bits per heavy atom. The Morgan fingerprint density at radius 1 is 1.31 bits per heavy atom. The van der Waals surface area contributed by atoms with Gasteiger partial charge in [0.15, 0.2) is 0 Å². The molecule has 0 aliphatic heterocycles. The molecule has 0 atom stereocenters. The van der Waals surface area contributed by atoms with Crippen LogP contribution in [0.3, 0.4) is 0 Å². The molecule has 0 radical (unpaired) electrons. The van der Waals surface area contributed by atoms with Gasteiger partial charge in [-0.15, -0.1) is 0 Å². The molecule has 1 amide bonds. The number of H-pyrrole nitrogens is 1. The number of pyridine rings is 1. The first-order valence-electron chi connectivity index (χ1n) is 5.03. The first-order chi connectivity index (χ1) is 7.86. The minimum atomic E-state index is -0.0889. The Balaban J connectivity index is 1.81. The Morgan fingerprint density at radius 2 is 2.12 bits per heavy atom. The van der Waals surface area contributed by atoms with E-state index in [1.807, 2.05) is 0 Å². The van der Waals surface area contributed by atoms with Crippen LogP contribution in [0, 0.1) is 0 Å². The van der Waals surface area contributed by atoms with Crippen molar-refractivity contribution in [3.8, 4) is 0 Å². The second kappa shape index (κ2) is 5.06. The van der Waals surface area contributed by atoms with E-state index in [-0.39, 0.29) is 5.91 Å². The zero-order chi connectivity index (χ0) is 11.2. The van der Waals surface area contributed by atoms with Crippen molar-refractivity contribution in [3.05, 3.63) is 48.3 Å². The molecule has 2 heterocycles. The van der Waals surface area contributed by atoms with E-state index in [2.05, 4.69) is 20.3 Å². The molecular weight excluding hydrogens is 204 g/mol. The van der Waals surface area contributed by atoms with Gasteiger partial charge in [0, 0.05) is 43.3 Å². The van der Waals surface area contributed by atoms with Crippen LogP contribution in [-0.4, -0.2) is 27.4 Å². The number of nitrogens with zero attached hydrogens (tertiary/aromatic N) is 2. The minimum absolute atomic E-state index is 0.0889. The fourth-order valence-electron chi connectivity index (χ4n) is 1.33. The summed E-state index contributed by atoms with van der Waals surface area (Å²) in [7, 11) is 0. The summed E-state index contributed by atoms with van der Waals surface area (Å²) in [5.41, 5.74) is 0.620. The molecular formula is C11H12N4O. The predicted octanol–water partition coefficient (Wildman–Crippen LogP) is 0.777. The smallest absolute Gasteiger partial charge is 0.251 e. The highest BCUT2D eigenvalue weighted by Crippen LogP contribution is 1.95. The van der Waals surface area contributed by atoms with E-state index >= 15 is 0 Å². The fourth-order valence-corrected chi connectivity index (χ4v) is 1.33. The largest absolute Gasteiger partial charge is 0.352 e. The van der Waals surface area contributed by atoms with Gasteiger partial charge in [-0.25, -0.2) is 4.98 Å². The Hall–Kier alpha value is -2.17. The molecule has 0 spiro atoms. The highest BCUT2D eigenvalue weighted by Gasteiger charge is 2.03. The summed E-state index contributed by atoms with van der Waals surface area (Å²) < 4.78 is 0. The topological polar surface area (TPSA) is 70.7 Å². The van der Waals surface area contributed by atoms with Crippen LogP contribution in [0.4, 0.5) is 0 Å². The maximum Gasteiger partial charge on any atom is 0.251 e. The molecule has 5 heteroatoms. The third-order valence-corrected chi connectivity index (χ3v) is 2.14. The lowest BCUT2D eigenvalue weighted by molar-refractivity contribution is 0.0954. The molecule has 2 rings (SSSR count). The van der Waals surface area contributed by atoms with Gasteiger partial charge < -0.3 is 10.3 Å². The summed E-state index contributed by atoms with van der Waals surface area (Å²) in [5, 5.41) is 2.81. The van der Waals surface area contributed by atoms with Crippen LogP contribution in [0.15, 0.2) is 36.9 Å². The van der Waals surface area contributed by atoms with Crippen LogP contribution in [0.25, 0.3) is 0 Å². The van der Waals surface area contributed by atoms with Crippen LogP contribution in [0.5, 0.6) is 0 Å². The first kappa shape index (κ1) is 10.4. The van der Waals surface area contributed by atoms with Crippen LogP contribution in [0.1, 0.15) is 16.2 Å². The molecule has 5 nitrogen and oxygen atoms in total. The summed E-state index contributed by atoms with van der Waals surface area (Å²) in [6, 6.07) is 3.37. The van der Waals surface area contributed by atoms with Crippen LogP contribution >= 0.6 is 0 Å². The second-order valence-electron chi connectivity index (χ2n) is 3.28. The number of hydrogen-bond donors (Lipinski definition) is 2. The van der Waals surface area contributed by atoms with Gasteiger partial charge in [-0.3, -0.25) is 9.78 Å². The molecule has 0 unspecified atom stereocenters. The van der Waals surface area contributed by atoms with Crippen molar-refractivity contribution >= 4 is 5.91 Å². The van der Waals surface area contributed by atoms with Gasteiger partial charge in [0.05, 0.1) is 0 Å². The van der Waals surface area contributed by atoms with Crippen LogP contribution in [-0.2, 0) is 6.42 Å². The fraction of sp³-hybridized carbons (Fsp3) is 0.182. The normalized spacial score (nSPS) is 10.0. The molecule has 0 saturated heterocycles. The van der Waals surface area contributed by atoms with E-state index in [0.717, 1.165) is 5.82 Å². The molecule has 0 fully saturated rings. The Kier molecular flexibility index (Phi) is 3.28. The molecule has 0 aromatic carbocycles. The maximum atomic E-state index is 11.6. The van der Waals surface area contributed by atoms with Gasteiger partial charge >= 0.3 is 0 Å². The zero-order valence-corrected chi connectivity index (χ0v) is 8.68. The number of rotatable bonds is 4. The van der Waals surface area contributed by atoms with Crippen molar-refractivity contribution in [1.29, 1.82) is 0 Å². The van der Waals surface area contributed by atoms with Crippen molar-refractivity contribution in [1.82, 2.24) is 20.3 Å². The minimum Gasteiger partial charge on any atom is -0.352 e. The monoisotopic (exact) mass is 216 g/mol. The van der Waals surface area contributed by atoms with Crippen molar-refractivity contribution in [2.24, 2.45) is 0 Å². The summed E-state index contributed by atoms with van der Waals surface area (Å²) in [6.45, 7) is 0.564. The molecule has 2 aromatic rings. The average Bonchev–Trinajstić information content (AvgIpc) is 2.83. The molecule has 0 saturated carbocycles. The number of imidazole rings is 1. The van der Waals surface area contributed by atoms with Gasteiger partial charge in [-0.1, -0.05) is 0 Å². The molecule has 2 aromatic heterocycles. The number of carbonyl (C=O) groups excluding carboxylic acids is 1. The van der Waals surface area contributed by atoms with Gasteiger partial charge in [-0.2, -0.15) is 0 Å². The van der Waals surface area contributed by atoms with Crippen LogP contribution < -0.4 is 5.32 Å². The SMILES string of the molecule is O=C(NCCc1ncc[nH]1)c1ccncc1. The molecule has 0 aliphatic carbocycles. The zero-order valence-electron chi connectivity index (χ0n) is 8.68. The number of amides is 1. The van der Waals surface area contributed by atoms with Gasteiger partial charge in [0.1, 0.15) is 5.82 Å². The van der Waals surface area contributed by atoms with E-state index in [0.29, 0.717) is 18.5 Å². The van der Waals surface area contributed by atoms with Crippen molar-refractivity contribution < 1.29 is 4.79 Å². The number of carbonyl (C=O) groups is 1. The summed E-state index contributed by atoms with van der Waals surface area (Å²) in [4.78, 5) is 22.5. The van der Waals surface area contributed by atoms with Crippen molar-refractivity contribution in [2.45, 2.75) is 6.42 Å². The van der Waals surface area contributed by atoms with Crippen LogP contribution in [0.2, 0.25) is 0 Å². The highest BCUT2D eigenvalue weighted by atomic mass is 16.1. The standard InChI is InChI=1S/C11H12N4O/c16-11(9-1-4-12-5-2-9)15-6-3-10-13-7-8-14-10/h1-2,4-5,7-8H,3,6H2,(H,13,14)(H,15,16). The van der Waals surface area contributed by atoms with Gasteiger partial charge in [-0.05, 0) is 12.1 Å². The Labute approximate surface area is 92.9 Å². The summed E-state index contributed by atoms with van der Waals surface area (Å²) in [6.07, 6.45) is 7.35. The molecule has 0 bridgehead atoms. The van der Waals surface area contributed by atoms with E-state index in [9.17, 15) is 4.79 Å². The lowest BCUT2D eigenvalue weighted by Crippen LogP contribution is -2.25. The number of aromatic nitrogens is 3. The average molecular weight is 216 g/mol. The number of aromatic amines is 1. The van der Waals surface area contributed by atoms with E-state index < -0.39 is 0 Å². The van der Waals surface area contributed by atoms with Gasteiger partial charge in [0.25, 0.3) is 5.91 Å². The molecule has 82 valence electrons. The molecule has 0 aliphatic rings. The summed E-state index contributed by atoms with van der Waals surface area (Å²) in [5.74, 6) is 0.781. The lowest BCUT2D eigenvalue weighted by atomic mass is 10.2. The molecule has 16 heavy (non-hydrogen) atoms. The third-order valence-electron chi connectivity index (χ3n) is 2.14. The number of hydrogen-bond acceptors (Lipinski definition) is 3. The highest BCUT2D eigenvalue weighted by molar-refractivity contribution is 5.93. The second-order valence-corrected chi connectivity index (χ2v) is 3.28. The maximum absolute atomic E-state index is 11.6. The number of nitrogens with one attached hydrogen (secondary N) is 2. The van der Waals surface area contributed by atoms with Crippen molar-refractivity contribution in [2.75, 3.05) is 6.54 Å². The molecule has 2 N–H and O–H groups in total. The van der Waals surface area contributed by atoms with Crippen molar-refractivity contribution in [3.63, 3.8) is 0 Å². The predicted molar refractivity (Wildman–Crippen MR) is 58.9 cm³/mol. The quantitative estimate of drug-likeness (QED) is 0.793. The third kappa shape index (κ3) is 2.66. The van der Waals surface area contributed by atoms with E-state index in [4.69, 9.17) is 0 Å². The van der Waals surface area contributed by atoms with Gasteiger partial charge in [0.2, 0.25) is 0 Å². The Bertz CT molecular complexity index is 438.